The molecule has 2 atom stereocenters. The molecule has 0 aliphatic carbocycles. The SMILES string of the molecule is Cl.Cl.NC(C(=O)N1CC=CC1)C(O)c1ccnc(Cl)c1. The van der Waals surface area contributed by atoms with Crippen LogP contribution in [0.25, 0.3) is 0 Å². The number of nitrogens with two attached hydrogens (primary N) is 1. The molecule has 5 nitrogen and oxygen atoms in total. The Hall–Kier alpha value is -0.850. The maximum Gasteiger partial charge on any atom is 0.243 e. The van der Waals surface area contributed by atoms with Crippen LogP contribution in [-0.4, -0.2) is 40.0 Å². The molecule has 1 aliphatic rings. The van der Waals surface area contributed by atoms with E-state index in [-0.39, 0.29) is 35.9 Å². The summed E-state index contributed by atoms with van der Waals surface area (Å²) in [4.78, 5) is 17.4. The summed E-state index contributed by atoms with van der Waals surface area (Å²) in [5, 5.41) is 10.3. The molecule has 0 aromatic carbocycles. The predicted octanol–water partition coefficient (Wildman–Crippen LogP) is 1.34. The molecule has 112 valence electrons. The fourth-order valence-corrected chi connectivity index (χ4v) is 1.99. The van der Waals surface area contributed by atoms with E-state index in [0.29, 0.717) is 18.7 Å². The van der Waals surface area contributed by atoms with Crippen LogP contribution in [0.3, 0.4) is 0 Å². The van der Waals surface area contributed by atoms with Gasteiger partial charge in [0.2, 0.25) is 5.91 Å². The van der Waals surface area contributed by atoms with Crippen LogP contribution in [0, 0.1) is 0 Å². The van der Waals surface area contributed by atoms with Crippen molar-refractivity contribution in [3.05, 3.63) is 41.2 Å². The van der Waals surface area contributed by atoms with Gasteiger partial charge in [-0.1, -0.05) is 23.8 Å². The van der Waals surface area contributed by atoms with Gasteiger partial charge in [-0.3, -0.25) is 4.79 Å². The first-order valence-corrected chi connectivity index (χ1v) is 5.96. The Bertz CT molecular complexity index is 477. The van der Waals surface area contributed by atoms with Gasteiger partial charge in [-0.05, 0) is 17.7 Å². The van der Waals surface area contributed by atoms with Gasteiger partial charge in [-0.15, -0.1) is 24.8 Å². The summed E-state index contributed by atoms with van der Waals surface area (Å²) in [6.07, 6.45) is 4.16. The Morgan fingerprint density at radius 2 is 2.00 bits per heavy atom. The summed E-state index contributed by atoms with van der Waals surface area (Å²) in [5.41, 5.74) is 6.28. The molecule has 1 aromatic heterocycles. The number of aliphatic hydroxyl groups is 1. The molecule has 8 heteroatoms. The molecule has 0 bridgehead atoms. The number of carbonyl (C=O) groups is 1. The molecule has 20 heavy (non-hydrogen) atoms. The van der Waals surface area contributed by atoms with Crippen LogP contribution in [0.1, 0.15) is 11.7 Å². The van der Waals surface area contributed by atoms with E-state index in [1.165, 1.54) is 12.3 Å². The molecule has 1 aromatic rings. The van der Waals surface area contributed by atoms with Crippen molar-refractivity contribution in [3.8, 4) is 0 Å². The summed E-state index contributed by atoms with van der Waals surface area (Å²) in [6, 6.07) is 2.09. The summed E-state index contributed by atoms with van der Waals surface area (Å²) >= 11 is 5.73. The highest BCUT2D eigenvalue weighted by Gasteiger charge is 2.28. The Labute approximate surface area is 134 Å². The lowest BCUT2D eigenvalue weighted by atomic mass is 10.0. The Morgan fingerprint density at radius 1 is 1.40 bits per heavy atom. The molecule has 1 amide bonds. The van der Waals surface area contributed by atoms with Crippen LogP contribution < -0.4 is 5.73 Å². The van der Waals surface area contributed by atoms with Crippen molar-refractivity contribution in [2.45, 2.75) is 12.1 Å². The number of carbonyl (C=O) groups excluding carboxylic acids is 1. The third-order valence-electron chi connectivity index (χ3n) is 2.85. The normalized spacial score (nSPS) is 16.1. The van der Waals surface area contributed by atoms with Crippen molar-refractivity contribution in [2.24, 2.45) is 5.73 Å². The van der Waals surface area contributed by atoms with Crippen molar-refractivity contribution < 1.29 is 9.90 Å². The number of nitrogens with zero attached hydrogens (tertiary/aromatic N) is 2. The van der Waals surface area contributed by atoms with E-state index in [0.717, 1.165) is 0 Å². The topological polar surface area (TPSA) is 79.5 Å². The van der Waals surface area contributed by atoms with Gasteiger partial charge in [-0.25, -0.2) is 4.98 Å². The van der Waals surface area contributed by atoms with Crippen LogP contribution in [0.5, 0.6) is 0 Å². The van der Waals surface area contributed by atoms with Crippen molar-refractivity contribution >= 4 is 42.3 Å². The van der Waals surface area contributed by atoms with Gasteiger partial charge >= 0.3 is 0 Å². The Balaban J connectivity index is 0.00000180. The number of aromatic nitrogens is 1. The second-order valence-corrected chi connectivity index (χ2v) is 4.48. The molecule has 0 fully saturated rings. The van der Waals surface area contributed by atoms with E-state index in [1.807, 2.05) is 12.2 Å². The Morgan fingerprint density at radius 3 is 2.55 bits per heavy atom. The summed E-state index contributed by atoms with van der Waals surface area (Å²) in [7, 11) is 0. The molecular formula is C12H16Cl3N3O2. The molecule has 0 spiro atoms. The van der Waals surface area contributed by atoms with Gasteiger partial charge in [-0.2, -0.15) is 0 Å². The van der Waals surface area contributed by atoms with E-state index < -0.39 is 12.1 Å². The van der Waals surface area contributed by atoms with Crippen LogP contribution >= 0.6 is 36.4 Å². The smallest absolute Gasteiger partial charge is 0.243 e. The third kappa shape index (κ3) is 4.33. The largest absolute Gasteiger partial charge is 0.386 e. The van der Waals surface area contributed by atoms with Crippen molar-refractivity contribution in [3.63, 3.8) is 0 Å². The first kappa shape index (κ1) is 19.1. The van der Waals surface area contributed by atoms with E-state index in [1.54, 1.807) is 11.0 Å². The van der Waals surface area contributed by atoms with Crippen molar-refractivity contribution in [1.82, 2.24) is 9.88 Å². The zero-order chi connectivity index (χ0) is 13.1. The minimum Gasteiger partial charge on any atom is -0.386 e. The maximum absolute atomic E-state index is 12.0. The van der Waals surface area contributed by atoms with Crippen molar-refractivity contribution in [1.29, 1.82) is 0 Å². The van der Waals surface area contributed by atoms with Gasteiger partial charge in [0.1, 0.15) is 17.3 Å². The lowest BCUT2D eigenvalue weighted by molar-refractivity contribution is -0.133. The molecule has 1 aliphatic heterocycles. The number of halogens is 3. The molecule has 0 saturated carbocycles. The summed E-state index contributed by atoms with van der Waals surface area (Å²) < 4.78 is 0. The first-order valence-electron chi connectivity index (χ1n) is 5.58. The lowest BCUT2D eigenvalue weighted by Crippen LogP contribution is -2.46. The van der Waals surface area contributed by atoms with Crippen LogP contribution in [-0.2, 0) is 4.79 Å². The van der Waals surface area contributed by atoms with E-state index in [2.05, 4.69) is 4.98 Å². The van der Waals surface area contributed by atoms with Crippen LogP contribution in [0.4, 0.5) is 0 Å². The Kier molecular flexibility index (Phi) is 8.08. The maximum atomic E-state index is 12.0. The minimum atomic E-state index is -1.08. The average molecular weight is 341 g/mol. The van der Waals surface area contributed by atoms with E-state index >= 15 is 0 Å². The fourth-order valence-electron chi connectivity index (χ4n) is 1.81. The highest BCUT2D eigenvalue weighted by atomic mass is 35.5. The summed E-state index contributed by atoms with van der Waals surface area (Å²) in [6.45, 7) is 1.08. The van der Waals surface area contributed by atoms with Crippen LogP contribution in [0.15, 0.2) is 30.5 Å². The molecule has 2 heterocycles. The third-order valence-corrected chi connectivity index (χ3v) is 3.05. The predicted molar refractivity (Wildman–Crippen MR) is 82.4 cm³/mol. The molecular weight excluding hydrogens is 325 g/mol. The van der Waals surface area contributed by atoms with Gasteiger partial charge in [0, 0.05) is 19.3 Å². The van der Waals surface area contributed by atoms with Crippen LogP contribution in [0.2, 0.25) is 5.15 Å². The second kappa shape index (κ2) is 8.44. The second-order valence-electron chi connectivity index (χ2n) is 4.10. The van der Waals surface area contributed by atoms with Gasteiger partial charge in [0.05, 0.1) is 0 Å². The minimum absolute atomic E-state index is 0. The number of rotatable bonds is 3. The zero-order valence-corrected chi connectivity index (χ0v) is 12.9. The monoisotopic (exact) mass is 339 g/mol. The van der Waals surface area contributed by atoms with E-state index in [4.69, 9.17) is 17.3 Å². The molecule has 3 N–H and O–H groups in total. The molecule has 0 radical (unpaired) electrons. The highest BCUT2D eigenvalue weighted by molar-refractivity contribution is 6.29. The van der Waals surface area contributed by atoms with Crippen molar-refractivity contribution in [2.75, 3.05) is 13.1 Å². The first-order chi connectivity index (χ1) is 8.59. The number of hydrogen-bond donors (Lipinski definition) is 2. The lowest BCUT2D eigenvalue weighted by Gasteiger charge is -2.24. The molecule has 0 saturated heterocycles. The van der Waals surface area contributed by atoms with Gasteiger partial charge in [0.15, 0.2) is 0 Å². The fraction of sp³-hybridized carbons (Fsp3) is 0.333. The average Bonchev–Trinajstić information content (AvgIpc) is 2.90. The quantitative estimate of drug-likeness (QED) is 0.643. The van der Waals surface area contributed by atoms with Gasteiger partial charge in [0.25, 0.3) is 0 Å². The molecule has 2 rings (SSSR count). The summed E-state index contributed by atoms with van der Waals surface area (Å²) in [5.74, 6) is -0.277. The number of amides is 1. The zero-order valence-electron chi connectivity index (χ0n) is 10.5. The standard InChI is InChI=1S/C12H14ClN3O2.2ClH/c13-9-7-8(3-4-15-9)11(17)10(14)12(18)16-5-1-2-6-16;;/h1-4,7,10-11,17H,5-6,14H2;2*1H. The number of aliphatic hydroxyl groups excluding tert-OH is 1. The number of hydrogen-bond acceptors (Lipinski definition) is 4. The highest BCUT2D eigenvalue weighted by Crippen LogP contribution is 2.19. The van der Waals surface area contributed by atoms with E-state index in [9.17, 15) is 9.90 Å². The van der Waals surface area contributed by atoms with Gasteiger partial charge < -0.3 is 15.7 Å². The molecule has 2 unspecified atom stereocenters. The number of pyridine rings is 1.